The zero-order chi connectivity index (χ0) is 14.0. The zero-order valence-electron chi connectivity index (χ0n) is 10.6. The minimum absolute atomic E-state index is 0.403. The van der Waals surface area contributed by atoms with Crippen LogP contribution >= 0.6 is 0 Å². The number of aryl methyl sites for hydroxylation is 1. The summed E-state index contributed by atoms with van der Waals surface area (Å²) in [6, 6.07) is 5.13. The van der Waals surface area contributed by atoms with Crippen molar-refractivity contribution >= 4 is 0 Å². The number of nitrogens with zero attached hydrogens (tertiary/aromatic N) is 2. The second-order valence-electron chi connectivity index (χ2n) is 4.26. The Hall–Kier alpha value is -1.82. The molecule has 1 N–H and O–H groups in total. The van der Waals surface area contributed by atoms with Gasteiger partial charge in [-0.2, -0.15) is 18.3 Å². The van der Waals surface area contributed by atoms with E-state index in [1.54, 1.807) is 19.3 Å². The smallest absolute Gasteiger partial charge is 0.316 e. The summed E-state index contributed by atoms with van der Waals surface area (Å²) in [5, 5.41) is 7.22. The lowest BCUT2D eigenvalue weighted by molar-refractivity contribution is -0.137. The van der Waals surface area contributed by atoms with E-state index in [1.165, 1.54) is 10.7 Å². The van der Waals surface area contributed by atoms with Crippen LogP contribution in [0.4, 0.5) is 13.2 Å². The van der Waals surface area contributed by atoms with E-state index in [1.807, 2.05) is 6.92 Å². The maximum absolute atomic E-state index is 12.6. The van der Waals surface area contributed by atoms with Gasteiger partial charge in [0.1, 0.15) is 0 Å². The molecule has 0 aliphatic heterocycles. The summed E-state index contributed by atoms with van der Waals surface area (Å²) in [4.78, 5) is 0. The molecule has 0 bridgehead atoms. The predicted octanol–water partition coefficient (Wildman–Crippen LogP) is 2.92. The fourth-order valence-corrected chi connectivity index (χ4v) is 1.82. The first-order valence-corrected chi connectivity index (χ1v) is 5.79. The van der Waals surface area contributed by atoms with Crippen LogP contribution in [0.3, 0.4) is 0 Å². The Morgan fingerprint density at radius 2 is 2.05 bits per heavy atom. The molecule has 0 amide bonds. The minimum atomic E-state index is -4.34. The van der Waals surface area contributed by atoms with Gasteiger partial charge in [0.05, 0.1) is 16.9 Å². The van der Waals surface area contributed by atoms with Gasteiger partial charge < -0.3 is 5.32 Å². The molecule has 0 saturated carbocycles. The molecule has 6 heteroatoms. The molecule has 0 aliphatic rings. The summed E-state index contributed by atoms with van der Waals surface area (Å²) in [7, 11) is 1.81. The largest absolute Gasteiger partial charge is 0.416 e. The van der Waals surface area contributed by atoms with Crippen molar-refractivity contribution in [2.75, 3.05) is 7.05 Å². The number of hydrogen-bond donors (Lipinski definition) is 1. The van der Waals surface area contributed by atoms with Gasteiger partial charge in [0.15, 0.2) is 0 Å². The monoisotopic (exact) mass is 269 g/mol. The van der Waals surface area contributed by atoms with Crippen molar-refractivity contribution < 1.29 is 13.2 Å². The molecule has 0 saturated heterocycles. The Morgan fingerprint density at radius 1 is 1.32 bits per heavy atom. The molecule has 3 nitrogen and oxygen atoms in total. The van der Waals surface area contributed by atoms with Crippen molar-refractivity contribution in [3.63, 3.8) is 0 Å². The molecule has 1 aromatic carbocycles. The van der Waals surface area contributed by atoms with Crippen LogP contribution in [-0.2, 0) is 12.7 Å². The highest BCUT2D eigenvalue weighted by atomic mass is 19.4. The minimum Gasteiger partial charge on any atom is -0.316 e. The molecule has 1 aromatic heterocycles. The quantitative estimate of drug-likeness (QED) is 0.928. The highest BCUT2D eigenvalue weighted by molar-refractivity contribution is 5.37. The third kappa shape index (κ3) is 2.96. The number of benzene rings is 1. The maximum atomic E-state index is 12.6. The van der Waals surface area contributed by atoms with E-state index in [2.05, 4.69) is 10.4 Å². The summed E-state index contributed by atoms with van der Waals surface area (Å²) in [5.41, 5.74) is 1.49. The maximum Gasteiger partial charge on any atom is 0.416 e. The number of aromatic nitrogens is 2. The molecule has 1 heterocycles. The highest BCUT2D eigenvalue weighted by Crippen LogP contribution is 2.30. The van der Waals surface area contributed by atoms with Crippen molar-refractivity contribution in [2.24, 2.45) is 0 Å². The third-order valence-corrected chi connectivity index (χ3v) is 2.81. The fraction of sp³-hybridized carbons (Fsp3) is 0.308. The number of hydrogen-bond acceptors (Lipinski definition) is 2. The van der Waals surface area contributed by atoms with Crippen molar-refractivity contribution in [1.29, 1.82) is 0 Å². The van der Waals surface area contributed by atoms with Gasteiger partial charge in [0, 0.05) is 18.3 Å². The molecule has 0 radical (unpaired) electrons. The second-order valence-corrected chi connectivity index (χ2v) is 4.26. The Balaban J connectivity index is 2.39. The van der Waals surface area contributed by atoms with Gasteiger partial charge in [-0.15, -0.1) is 0 Å². The summed E-state index contributed by atoms with van der Waals surface area (Å²) >= 11 is 0. The van der Waals surface area contributed by atoms with Crippen molar-refractivity contribution in [1.82, 2.24) is 15.1 Å². The summed E-state index contributed by atoms with van der Waals surface area (Å²) in [6.07, 6.45) is -2.60. The lowest BCUT2D eigenvalue weighted by Crippen LogP contribution is -2.06. The van der Waals surface area contributed by atoms with Gasteiger partial charge in [0.2, 0.25) is 0 Å². The molecular weight excluding hydrogens is 255 g/mol. The molecular formula is C13H14F3N3. The van der Waals surface area contributed by atoms with E-state index >= 15 is 0 Å². The second kappa shape index (κ2) is 5.05. The molecule has 0 atom stereocenters. The lowest BCUT2D eigenvalue weighted by atomic mass is 10.2. The van der Waals surface area contributed by atoms with Gasteiger partial charge >= 0.3 is 6.18 Å². The number of alkyl halides is 3. The Morgan fingerprint density at radius 3 is 2.68 bits per heavy atom. The van der Waals surface area contributed by atoms with E-state index in [0.717, 1.165) is 23.4 Å². The molecule has 0 aliphatic carbocycles. The molecule has 2 rings (SSSR count). The van der Waals surface area contributed by atoms with E-state index < -0.39 is 11.7 Å². The van der Waals surface area contributed by atoms with Crippen molar-refractivity contribution in [3.8, 4) is 5.69 Å². The molecule has 0 spiro atoms. The fourth-order valence-electron chi connectivity index (χ4n) is 1.82. The summed E-state index contributed by atoms with van der Waals surface area (Å²) in [5.74, 6) is 0. The van der Waals surface area contributed by atoms with Crippen molar-refractivity contribution in [2.45, 2.75) is 19.6 Å². The van der Waals surface area contributed by atoms with Gasteiger partial charge in [-0.1, -0.05) is 6.07 Å². The van der Waals surface area contributed by atoms with Gasteiger partial charge in [-0.3, -0.25) is 0 Å². The van der Waals surface area contributed by atoms with Crippen LogP contribution in [0.2, 0.25) is 0 Å². The van der Waals surface area contributed by atoms with Crippen LogP contribution < -0.4 is 5.32 Å². The van der Waals surface area contributed by atoms with Crippen LogP contribution in [0.1, 0.15) is 16.8 Å². The van der Waals surface area contributed by atoms with E-state index in [4.69, 9.17) is 0 Å². The molecule has 19 heavy (non-hydrogen) atoms. The first kappa shape index (κ1) is 13.6. The Labute approximate surface area is 109 Å². The van der Waals surface area contributed by atoms with Crippen LogP contribution in [-0.4, -0.2) is 16.8 Å². The number of nitrogens with one attached hydrogen (secondary N) is 1. The number of rotatable bonds is 3. The van der Waals surface area contributed by atoms with Crippen LogP contribution in [0.15, 0.2) is 30.5 Å². The predicted molar refractivity (Wildman–Crippen MR) is 66.1 cm³/mol. The van der Waals surface area contributed by atoms with Crippen LogP contribution in [0.25, 0.3) is 5.69 Å². The van der Waals surface area contributed by atoms with E-state index in [0.29, 0.717) is 12.2 Å². The molecule has 0 unspecified atom stereocenters. The Kier molecular flexibility index (Phi) is 3.61. The van der Waals surface area contributed by atoms with Gasteiger partial charge in [0.25, 0.3) is 0 Å². The standard InChI is InChI=1S/C13H14F3N3/c1-9-10(7-17-2)8-19(18-9)12-5-3-4-11(6-12)13(14,15)16/h3-6,8,17H,7H2,1-2H3. The van der Waals surface area contributed by atoms with Crippen LogP contribution in [0.5, 0.6) is 0 Å². The zero-order valence-corrected chi connectivity index (χ0v) is 10.6. The summed E-state index contributed by atoms with van der Waals surface area (Å²) in [6.45, 7) is 2.46. The van der Waals surface area contributed by atoms with E-state index in [-0.39, 0.29) is 0 Å². The highest BCUT2D eigenvalue weighted by Gasteiger charge is 2.30. The normalized spacial score (nSPS) is 11.8. The average Bonchev–Trinajstić information content (AvgIpc) is 2.71. The average molecular weight is 269 g/mol. The first-order chi connectivity index (χ1) is 8.91. The molecule has 102 valence electrons. The lowest BCUT2D eigenvalue weighted by Gasteiger charge is -2.08. The van der Waals surface area contributed by atoms with E-state index in [9.17, 15) is 13.2 Å². The summed E-state index contributed by atoms with van der Waals surface area (Å²) < 4.78 is 39.4. The van der Waals surface area contributed by atoms with Gasteiger partial charge in [-0.05, 0) is 32.2 Å². The SMILES string of the molecule is CNCc1cn(-c2cccc(C(F)(F)F)c2)nc1C. The number of halogens is 3. The molecule has 2 aromatic rings. The van der Waals surface area contributed by atoms with Crippen molar-refractivity contribution in [3.05, 3.63) is 47.3 Å². The topological polar surface area (TPSA) is 29.9 Å². The Bertz CT molecular complexity index is 573. The van der Waals surface area contributed by atoms with Gasteiger partial charge in [-0.25, -0.2) is 4.68 Å². The van der Waals surface area contributed by atoms with Crippen LogP contribution in [0, 0.1) is 6.92 Å². The first-order valence-electron chi connectivity index (χ1n) is 5.79. The third-order valence-electron chi connectivity index (χ3n) is 2.81. The molecule has 0 fully saturated rings.